The van der Waals surface area contributed by atoms with Crippen LogP contribution in [0.5, 0.6) is 0 Å². The van der Waals surface area contributed by atoms with Crippen LogP contribution in [0.15, 0.2) is 58.1 Å². The van der Waals surface area contributed by atoms with Crippen molar-refractivity contribution in [2.24, 2.45) is 0 Å². The Morgan fingerprint density at radius 1 is 0.636 bits per heavy atom. The first-order chi connectivity index (χ1) is 19.7. The number of carbonyl (C=O) groups is 3. The van der Waals surface area contributed by atoms with Gasteiger partial charge in [0, 0.05) is 0 Å². The van der Waals surface area contributed by atoms with Crippen LogP contribution in [0.4, 0.5) is 39.5 Å². The summed E-state index contributed by atoms with van der Waals surface area (Å²) in [5.74, 6) is -8.95. The van der Waals surface area contributed by atoms with E-state index < -0.39 is 47.6 Å². The van der Waals surface area contributed by atoms with Gasteiger partial charge in [-0.05, 0) is 44.4 Å². The number of carbonyl (C=O) groups excluding carboxylic acids is 3. The van der Waals surface area contributed by atoms with Crippen LogP contribution in [-0.4, -0.2) is 72.0 Å². The van der Waals surface area contributed by atoms with E-state index >= 15 is 0 Å². The summed E-state index contributed by atoms with van der Waals surface area (Å²) in [6.07, 6.45) is -16.5. The molecule has 0 aliphatic carbocycles. The van der Waals surface area contributed by atoms with E-state index in [0.29, 0.717) is 10.9 Å². The van der Waals surface area contributed by atoms with Crippen LogP contribution < -0.4 is 16.0 Å². The summed E-state index contributed by atoms with van der Waals surface area (Å²) in [7, 11) is 0. The Hall–Kier alpha value is -5.64. The molecule has 2 aromatic carbocycles. The van der Waals surface area contributed by atoms with Crippen molar-refractivity contribution in [3.05, 3.63) is 69.2 Å². The lowest BCUT2D eigenvalue weighted by Crippen LogP contribution is -2.40. The van der Waals surface area contributed by atoms with E-state index in [1.165, 1.54) is 18.2 Å². The number of ether oxygens (including phenoxy) is 1. The summed E-state index contributed by atoms with van der Waals surface area (Å²) < 4.78 is 105. The van der Waals surface area contributed by atoms with E-state index in [9.17, 15) is 63.5 Å². The van der Waals surface area contributed by atoms with Gasteiger partial charge in [-0.2, -0.15) is 39.5 Å². The fourth-order valence-electron chi connectivity index (χ4n) is 2.34. The molecule has 4 rings (SSSR count). The third-order valence-electron chi connectivity index (χ3n) is 4.14. The Balaban J connectivity index is 0.000000335. The summed E-state index contributed by atoms with van der Waals surface area (Å²) >= 11 is 0. The first-order valence-corrected chi connectivity index (χ1v) is 10.3. The van der Waals surface area contributed by atoms with Crippen LogP contribution in [0.1, 0.15) is 7.43 Å². The molecule has 0 radical (unpaired) electrons. The molecule has 0 fully saturated rings. The van der Waals surface area contributed by atoms with Crippen molar-refractivity contribution in [3.63, 3.8) is 0 Å². The molecule has 4 aromatic rings. The summed E-state index contributed by atoms with van der Waals surface area (Å²) in [5.41, 5.74) is -0.895. The average molecular weight is 648 g/mol. The molecule has 0 bridgehead atoms. The van der Waals surface area contributed by atoms with E-state index in [1.807, 2.05) is 0 Å². The van der Waals surface area contributed by atoms with Crippen molar-refractivity contribution >= 4 is 39.7 Å². The lowest BCUT2D eigenvalue weighted by molar-refractivity contribution is -0.221. The number of hydrogen-bond donors (Lipinski definition) is 1. The standard InChI is InChI=1S/C9H4F3N3O3.C7H5N3O2.C4F6O3.CH4/c10-9(11,12)8(17)18-15-7(16)5-3-1-2-4-6(5)13-14-15;11-7-5-3-1-2-4-6(5)8-9-10(7)12;5-3(6,7)1(11)13-2(12)4(8,9)10;/h1-4H;1-4,12H;;1H4. The van der Waals surface area contributed by atoms with Crippen LogP contribution in [0.25, 0.3) is 21.8 Å². The van der Waals surface area contributed by atoms with Crippen molar-refractivity contribution in [2.45, 2.75) is 26.0 Å². The van der Waals surface area contributed by atoms with Crippen LogP contribution >= 0.6 is 0 Å². The number of nitrogens with zero attached hydrogens (tertiary/aromatic N) is 6. The fourth-order valence-corrected chi connectivity index (χ4v) is 2.34. The van der Waals surface area contributed by atoms with Crippen LogP contribution in [0, 0.1) is 0 Å². The number of benzene rings is 2. The van der Waals surface area contributed by atoms with Crippen LogP contribution in [0.3, 0.4) is 0 Å². The Kier molecular flexibility index (Phi) is 11.6. The summed E-state index contributed by atoms with van der Waals surface area (Å²) in [6.45, 7) is 0. The topological polar surface area (TPSA) is 185 Å². The van der Waals surface area contributed by atoms with Crippen molar-refractivity contribution in [2.75, 3.05) is 0 Å². The molecule has 14 nitrogen and oxygen atoms in total. The Morgan fingerprint density at radius 3 is 1.45 bits per heavy atom. The molecule has 0 saturated heterocycles. The van der Waals surface area contributed by atoms with Gasteiger partial charge in [0.2, 0.25) is 0 Å². The van der Waals surface area contributed by atoms with E-state index in [2.05, 4.69) is 30.2 Å². The lowest BCUT2D eigenvalue weighted by Gasteiger charge is -2.06. The summed E-state index contributed by atoms with van der Waals surface area (Å²) in [6, 6.07) is 12.5. The van der Waals surface area contributed by atoms with Crippen LogP contribution in [0.2, 0.25) is 0 Å². The molecule has 0 atom stereocenters. The number of alkyl halides is 9. The van der Waals surface area contributed by atoms with Gasteiger partial charge in [0.15, 0.2) is 0 Å². The average Bonchev–Trinajstić information content (AvgIpc) is 2.92. The summed E-state index contributed by atoms with van der Waals surface area (Å²) in [4.78, 5) is 56.5. The maximum absolute atomic E-state index is 11.9. The second-order valence-electron chi connectivity index (χ2n) is 7.13. The van der Waals surface area contributed by atoms with Crippen molar-refractivity contribution < 1.29 is 68.7 Å². The number of aromatic nitrogens is 6. The Morgan fingerprint density at radius 2 is 1.02 bits per heavy atom. The van der Waals surface area contributed by atoms with Gasteiger partial charge in [-0.25, -0.2) is 14.4 Å². The molecule has 2 aromatic heterocycles. The number of hydrogen-bond acceptors (Lipinski definition) is 12. The van der Waals surface area contributed by atoms with Gasteiger partial charge in [-0.15, -0.1) is 10.2 Å². The van der Waals surface area contributed by atoms with Gasteiger partial charge >= 0.3 is 47.6 Å². The van der Waals surface area contributed by atoms with Gasteiger partial charge < -0.3 is 14.8 Å². The second-order valence-corrected chi connectivity index (χ2v) is 7.13. The molecule has 0 spiro atoms. The zero-order valence-electron chi connectivity index (χ0n) is 20.0. The highest BCUT2D eigenvalue weighted by atomic mass is 19.4. The smallest absolute Gasteiger partial charge is 0.407 e. The minimum atomic E-state index is -5.62. The van der Waals surface area contributed by atoms with Gasteiger partial charge in [-0.1, -0.05) is 31.7 Å². The molecule has 0 aliphatic heterocycles. The molecule has 44 heavy (non-hydrogen) atoms. The van der Waals surface area contributed by atoms with E-state index in [0.717, 1.165) is 0 Å². The maximum Gasteiger partial charge on any atom is 0.493 e. The minimum absolute atomic E-state index is 0. The normalized spacial score (nSPS) is 11.2. The van der Waals surface area contributed by atoms with E-state index in [1.54, 1.807) is 30.3 Å². The zero-order chi connectivity index (χ0) is 32.8. The predicted molar refractivity (Wildman–Crippen MR) is 122 cm³/mol. The molecule has 23 heteroatoms. The van der Waals surface area contributed by atoms with E-state index in [4.69, 9.17) is 5.21 Å². The van der Waals surface area contributed by atoms with Crippen molar-refractivity contribution in [3.8, 4) is 0 Å². The number of fused-ring (bicyclic) bond motifs is 2. The van der Waals surface area contributed by atoms with Crippen LogP contribution in [-0.2, 0) is 19.1 Å². The number of rotatable bonds is 1. The molecule has 0 saturated carbocycles. The van der Waals surface area contributed by atoms with Crippen molar-refractivity contribution in [1.82, 2.24) is 30.3 Å². The zero-order valence-corrected chi connectivity index (χ0v) is 20.0. The molecule has 0 aliphatic rings. The second kappa shape index (κ2) is 14.0. The third kappa shape index (κ3) is 9.73. The monoisotopic (exact) mass is 648 g/mol. The first kappa shape index (κ1) is 36.4. The highest BCUT2D eigenvalue weighted by Gasteiger charge is 2.49. The molecular formula is C21H13F9N6O8. The quantitative estimate of drug-likeness (QED) is 0.104. The highest BCUT2D eigenvalue weighted by Crippen LogP contribution is 2.21. The SMILES string of the molecule is C.O=C(OC(=O)C(F)(F)F)C(F)(F)F.O=C(On1nnc2ccccc2c1=O)C(F)(F)F.O=c1c2ccccc2nnn1O. The predicted octanol–water partition coefficient (Wildman–Crippen LogP) is 2.15. The van der Waals surface area contributed by atoms with Gasteiger partial charge in [0.1, 0.15) is 11.0 Å². The fraction of sp³-hybridized carbons (Fsp3) is 0.190. The number of halogens is 9. The maximum atomic E-state index is 11.9. The molecule has 0 unspecified atom stereocenters. The minimum Gasteiger partial charge on any atom is -0.407 e. The number of esters is 2. The van der Waals surface area contributed by atoms with E-state index in [-0.39, 0.29) is 28.0 Å². The third-order valence-corrected chi connectivity index (χ3v) is 4.14. The molecule has 238 valence electrons. The molecular weight excluding hydrogens is 635 g/mol. The van der Waals surface area contributed by atoms with Crippen molar-refractivity contribution in [1.29, 1.82) is 0 Å². The van der Waals surface area contributed by atoms with Gasteiger partial charge in [-0.3, -0.25) is 9.59 Å². The molecule has 2 heterocycles. The molecule has 0 amide bonds. The highest BCUT2D eigenvalue weighted by molar-refractivity contribution is 5.90. The molecule has 1 N–H and O–H groups in total. The van der Waals surface area contributed by atoms with Gasteiger partial charge in [0.25, 0.3) is 0 Å². The lowest BCUT2D eigenvalue weighted by atomic mass is 10.2. The largest absolute Gasteiger partial charge is 0.493 e. The first-order valence-electron chi connectivity index (χ1n) is 10.3. The Labute approximate surface area is 234 Å². The van der Waals surface area contributed by atoms with Gasteiger partial charge in [0.05, 0.1) is 10.8 Å². The Bertz CT molecular complexity index is 1740. The summed E-state index contributed by atoms with van der Waals surface area (Å²) in [5, 5.41) is 22.5.